The van der Waals surface area contributed by atoms with Crippen LogP contribution in [0.15, 0.2) is 6.07 Å². The van der Waals surface area contributed by atoms with Gasteiger partial charge in [0.05, 0.1) is 23.2 Å². The highest BCUT2D eigenvalue weighted by molar-refractivity contribution is 7.91. The summed E-state index contributed by atoms with van der Waals surface area (Å²) >= 11 is 1.54. The van der Waals surface area contributed by atoms with Crippen LogP contribution in [0.5, 0.6) is 0 Å². The number of anilines is 1. The normalized spacial score (nSPS) is 21.4. The monoisotopic (exact) mass is 408 g/mol. The van der Waals surface area contributed by atoms with Crippen LogP contribution in [-0.2, 0) is 22.7 Å². The summed E-state index contributed by atoms with van der Waals surface area (Å²) < 4.78 is 25.4. The van der Waals surface area contributed by atoms with Crippen LogP contribution < -0.4 is 5.32 Å². The van der Waals surface area contributed by atoms with E-state index in [0.717, 1.165) is 30.7 Å². The fraction of sp³-hybridized carbons (Fsp3) is 0.611. The Hall–Kier alpha value is -1.74. The van der Waals surface area contributed by atoms with Crippen molar-refractivity contribution < 1.29 is 13.2 Å². The molecule has 0 spiro atoms. The summed E-state index contributed by atoms with van der Waals surface area (Å²) in [5.41, 5.74) is 2.31. The Morgan fingerprint density at radius 1 is 1.33 bits per heavy atom. The fourth-order valence-electron chi connectivity index (χ4n) is 3.78. The van der Waals surface area contributed by atoms with Crippen LogP contribution in [0.4, 0.5) is 5.13 Å². The van der Waals surface area contributed by atoms with E-state index in [2.05, 4.69) is 15.4 Å². The van der Waals surface area contributed by atoms with Gasteiger partial charge in [-0.15, -0.1) is 11.3 Å². The number of hydrogen-bond acceptors (Lipinski definition) is 6. The van der Waals surface area contributed by atoms with Crippen molar-refractivity contribution in [1.29, 1.82) is 0 Å². The Bertz CT molecular complexity index is 951. The third-order valence-corrected chi connectivity index (χ3v) is 8.03. The van der Waals surface area contributed by atoms with E-state index >= 15 is 0 Å². The first-order valence-corrected chi connectivity index (χ1v) is 12.1. The molecule has 1 atom stereocenters. The third-order valence-electron chi connectivity index (χ3n) is 5.21. The zero-order valence-electron chi connectivity index (χ0n) is 15.6. The summed E-state index contributed by atoms with van der Waals surface area (Å²) in [6.45, 7) is 4.04. The van der Waals surface area contributed by atoms with Gasteiger partial charge in [0.1, 0.15) is 0 Å². The molecule has 3 heterocycles. The van der Waals surface area contributed by atoms with Crippen molar-refractivity contribution in [3.8, 4) is 0 Å². The Morgan fingerprint density at radius 3 is 2.78 bits per heavy atom. The highest BCUT2D eigenvalue weighted by Crippen LogP contribution is 2.31. The molecule has 0 bridgehead atoms. The molecule has 0 saturated carbocycles. The lowest BCUT2D eigenvalue weighted by Gasteiger charge is -2.15. The predicted molar refractivity (Wildman–Crippen MR) is 105 cm³/mol. The molecule has 27 heavy (non-hydrogen) atoms. The summed E-state index contributed by atoms with van der Waals surface area (Å²) in [7, 11) is -3.02. The first-order valence-electron chi connectivity index (χ1n) is 9.42. The second-order valence-corrected chi connectivity index (χ2v) is 11.0. The molecule has 7 nitrogen and oxygen atoms in total. The van der Waals surface area contributed by atoms with Gasteiger partial charge < -0.3 is 0 Å². The molecule has 0 radical (unpaired) electrons. The van der Waals surface area contributed by atoms with Crippen molar-refractivity contribution >= 4 is 32.2 Å². The van der Waals surface area contributed by atoms with E-state index in [0.29, 0.717) is 17.2 Å². The molecule has 2 aliphatic rings. The molecule has 146 valence electrons. The highest BCUT2D eigenvalue weighted by atomic mass is 32.2. The first kappa shape index (κ1) is 18.6. The maximum atomic E-state index is 12.7. The maximum Gasteiger partial charge on any atom is 0.277 e. The Balaban J connectivity index is 1.57. The van der Waals surface area contributed by atoms with Gasteiger partial charge in [0.25, 0.3) is 5.91 Å². The minimum Gasteiger partial charge on any atom is -0.296 e. The van der Waals surface area contributed by atoms with Gasteiger partial charge in [-0.2, -0.15) is 5.10 Å². The van der Waals surface area contributed by atoms with Gasteiger partial charge >= 0.3 is 0 Å². The maximum absolute atomic E-state index is 12.7. The van der Waals surface area contributed by atoms with Crippen molar-refractivity contribution in [1.82, 2.24) is 14.8 Å². The number of hydrogen-bond donors (Lipinski definition) is 1. The smallest absolute Gasteiger partial charge is 0.277 e. The van der Waals surface area contributed by atoms with Gasteiger partial charge in [-0.25, -0.2) is 13.4 Å². The molecule has 1 aliphatic heterocycles. The van der Waals surface area contributed by atoms with E-state index < -0.39 is 9.84 Å². The van der Waals surface area contributed by atoms with Crippen LogP contribution in [0.25, 0.3) is 0 Å². The molecule has 9 heteroatoms. The van der Waals surface area contributed by atoms with E-state index in [-0.39, 0.29) is 29.4 Å². The van der Waals surface area contributed by atoms with E-state index in [1.165, 1.54) is 11.3 Å². The molecule has 2 aromatic rings. The van der Waals surface area contributed by atoms with Gasteiger partial charge in [-0.05, 0) is 44.1 Å². The van der Waals surface area contributed by atoms with Crippen molar-refractivity contribution in [2.45, 2.75) is 57.9 Å². The molecule has 1 saturated heterocycles. The number of fused-ring (bicyclic) bond motifs is 1. The lowest BCUT2D eigenvalue weighted by atomic mass is 10.0. The molecule has 0 aromatic carbocycles. The molecule has 0 unspecified atom stereocenters. The number of amides is 1. The van der Waals surface area contributed by atoms with Gasteiger partial charge in [0.15, 0.2) is 20.7 Å². The summed E-state index contributed by atoms with van der Waals surface area (Å²) in [5.74, 6) is 0.132. The fourth-order valence-corrected chi connectivity index (χ4v) is 6.52. The van der Waals surface area contributed by atoms with Crippen LogP contribution in [0, 0.1) is 0 Å². The number of carbonyl (C=O) groups is 1. The number of aryl methyl sites for hydroxylation is 2. The van der Waals surface area contributed by atoms with Crippen LogP contribution in [0.2, 0.25) is 0 Å². The number of rotatable bonds is 4. The lowest BCUT2D eigenvalue weighted by molar-refractivity contribution is 0.102. The predicted octanol–water partition coefficient (Wildman–Crippen LogP) is 2.95. The zero-order chi connectivity index (χ0) is 19.2. The summed E-state index contributed by atoms with van der Waals surface area (Å²) in [6, 6.07) is 1.58. The van der Waals surface area contributed by atoms with E-state index in [1.807, 2.05) is 13.8 Å². The number of nitrogens with one attached hydrogen (secondary N) is 1. The Morgan fingerprint density at radius 2 is 2.11 bits per heavy atom. The minimum absolute atomic E-state index is 0.0919. The van der Waals surface area contributed by atoms with Gasteiger partial charge in [0, 0.05) is 10.6 Å². The highest BCUT2D eigenvalue weighted by Gasteiger charge is 2.32. The SMILES string of the molecule is CC(C)c1cc(C(=O)Nc2nc3c(s2)CCCC3)nn1[C@@H]1CCS(=O)(=O)C1. The van der Waals surface area contributed by atoms with E-state index in [4.69, 9.17) is 0 Å². The van der Waals surface area contributed by atoms with Gasteiger partial charge in [-0.1, -0.05) is 13.8 Å². The number of aromatic nitrogens is 3. The molecule has 1 N–H and O–H groups in total. The Kier molecular flexibility index (Phi) is 4.84. The second-order valence-electron chi connectivity index (χ2n) is 7.66. The minimum atomic E-state index is -3.02. The molecule has 4 rings (SSSR count). The second kappa shape index (κ2) is 7.01. The standard InChI is InChI=1S/C18H24N4O3S2/c1-11(2)15-9-14(21-22(15)12-7-8-27(24,25)10-12)17(23)20-18-19-13-5-3-4-6-16(13)26-18/h9,11-12H,3-8,10H2,1-2H3,(H,19,20,23)/t12-/m1/s1. The van der Waals surface area contributed by atoms with Gasteiger partial charge in [-0.3, -0.25) is 14.8 Å². The van der Waals surface area contributed by atoms with E-state index in [9.17, 15) is 13.2 Å². The molecular formula is C18H24N4O3S2. The average molecular weight is 409 g/mol. The van der Waals surface area contributed by atoms with Gasteiger partial charge in [0.2, 0.25) is 0 Å². The largest absolute Gasteiger partial charge is 0.296 e. The summed E-state index contributed by atoms with van der Waals surface area (Å²) in [4.78, 5) is 18.5. The zero-order valence-corrected chi connectivity index (χ0v) is 17.2. The van der Waals surface area contributed by atoms with Crippen molar-refractivity contribution in [2.75, 3.05) is 16.8 Å². The summed E-state index contributed by atoms with van der Waals surface area (Å²) in [6.07, 6.45) is 4.88. The first-order chi connectivity index (χ1) is 12.8. The average Bonchev–Trinajstić information content (AvgIpc) is 3.29. The molecule has 1 fully saturated rings. The van der Waals surface area contributed by atoms with Crippen molar-refractivity contribution in [2.24, 2.45) is 0 Å². The third kappa shape index (κ3) is 3.80. The summed E-state index contributed by atoms with van der Waals surface area (Å²) in [5, 5.41) is 7.97. The van der Waals surface area contributed by atoms with Crippen LogP contribution in [0.1, 0.15) is 71.8 Å². The molecular weight excluding hydrogens is 384 g/mol. The van der Waals surface area contributed by atoms with Crippen LogP contribution in [0.3, 0.4) is 0 Å². The number of thiazole rings is 1. The Labute approximate surface area is 163 Å². The molecule has 2 aromatic heterocycles. The molecule has 1 aliphatic carbocycles. The topological polar surface area (TPSA) is 93.9 Å². The number of carbonyl (C=O) groups excluding carboxylic acids is 1. The molecule has 1 amide bonds. The van der Waals surface area contributed by atoms with Crippen LogP contribution in [-0.4, -0.2) is 40.6 Å². The van der Waals surface area contributed by atoms with Crippen molar-refractivity contribution in [3.63, 3.8) is 0 Å². The van der Waals surface area contributed by atoms with Crippen molar-refractivity contribution in [3.05, 3.63) is 28.0 Å². The number of sulfone groups is 1. The van der Waals surface area contributed by atoms with Crippen LogP contribution >= 0.6 is 11.3 Å². The number of nitrogens with zero attached hydrogens (tertiary/aromatic N) is 3. The lowest BCUT2D eigenvalue weighted by Crippen LogP contribution is -2.17. The quantitative estimate of drug-likeness (QED) is 0.839. The van der Waals surface area contributed by atoms with E-state index in [1.54, 1.807) is 22.1 Å².